The Morgan fingerprint density at radius 1 is 1.39 bits per heavy atom. The van der Waals surface area contributed by atoms with Gasteiger partial charge in [-0.25, -0.2) is 4.39 Å². The fourth-order valence-corrected chi connectivity index (χ4v) is 1.76. The molecule has 1 heterocycles. The summed E-state index contributed by atoms with van der Waals surface area (Å²) in [6.45, 7) is 1.98. The summed E-state index contributed by atoms with van der Waals surface area (Å²) in [5.41, 5.74) is 2.27. The van der Waals surface area contributed by atoms with Gasteiger partial charge in [0.15, 0.2) is 0 Å². The summed E-state index contributed by atoms with van der Waals surface area (Å²) in [5, 5.41) is 13.3. The third kappa shape index (κ3) is 2.68. The maximum atomic E-state index is 13.0. The minimum Gasteiger partial charge on any atom is -0.487 e. The molecule has 18 heavy (non-hydrogen) atoms. The van der Waals surface area contributed by atoms with E-state index in [-0.39, 0.29) is 12.4 Å². The van der Waals surface area contributed by atoms with E-state index in [9.17, 15) is 4.39 Å². The van der Waals surface area contributed by atoms with Crippen LogP contribution in [0.15, 0.2) is 24.3 Å². The van der Waals surface area contributed by atoms with Crippen LogP contribution in [0.1, 0.15) is 17.0 Å². The zero-order valence-electron chi connectivity index (χ0n) is 10.4. The molecule has 0 bridgehead atoms. The first-order valence-corrected chi connectivity index (χ1v) is 5.61. The Hall–Kier alpha value is -1.88. The Bertz CT molecular complexity index is 552. The van der Waals surface area contributed by atoms with E-state index in [0.29, 0.717) is 17.9 Å². The third-order valence-corrected chi connectivity index (χ3v) is 2.67. The molecule has 0 fully saturated rings. The average Bonchev–Trinajstić information content (AvgIpc) is 2.66. The van der Waals surface area contributed by atoms with E-state index in [0.717, 1.165) is 11.4 Å². The molecule has 0 aliphatic heterocycles. The van der Waals surface area contributed by atoms with E-state index in [2.05, 4.69) is 5.10 Å². The fraction of sp³-hybridized carbons (Fsp3) is 0.308. The van der Waals surface area contributed by atoms with Gasteiger partial charge in [0.1, 0.15) is 18.2 Å². The van der Waals surface area contributed by atoms with Gasteiger partial charge < -0.3 is 9.84 Å². The summed E-state index contributed by atoms with van der Waals surface area (Å²) in [7, 11) is 1.84. The number of aliphatic hydroxyl groups is 1. The van der Waals surface area contributed by atoms with Crippen molar-refractivity contribution in [3.05, 3.63) is 47.0 Å². The molecule has 0 unspecified atom stereocenters. The Morgan fingerprint density at radius 2 is 2.17 bits per heavy atom. The molecule has 0 radical (unpaired) electrons. The summed E-state index contributed by atoms with van der Waals surface area (Å²) in [6.07, 6.45) is 0. The minimum absolute atomic E-state index is 0.252. The van der Waals surface area contributed by atoms with Gasteiger partial charge in [0.25, 0.3) is 0 Å². The van der Waals surface area contributed by atoms with Crippen LogP contribution in [0.2, 0.25) is 0 Å². The van der Waals surface area contributed by atoms with Gasteiger partial charge in [-0.15, -0.1) is 0 Å². The van der Waals surface area contributed by atoms with Crippen LogP contribution < -0.4 is 4.74 Å². The number of hydrogen-bond donors (Lipinski definition) is 1. The molecule has 96 valence electrons. The maximum Gasteiger partial charge on any atom is 0.130 e. The van der Waals surface area contributed by atoms with E-state index < -0.39 is 0 Å². The molecule has 0 atom stereocenters. The first-order chi connectivity index (χ1) is 8.60. The highest BCUT2D eigenvalue weighted by Crippen LogP contribution is 2.21. The van der Waals surface area contributed by atoms with E-state index >= 15 is 0 Å². The Balaban J connectivity index is 2.13. The van der Waals surface area contributed by atoms with Crippen molar-refractivity contribution >= 4 is 0 Å². The average molecular weight is 250 g/mol. The lowest BCUT2D eigenvalue weighted by Crippen LogP contribution is -2.04. The molecular formula is C13H15FN2O2. The summed E-state index contributed by atoms with van der Waals surface area (Å²) in [5.74, 6) is 0.0977. The monoisotopic (exact) mass is 250 g/mol. The summed E-state index contributed by atoms with van der Waals surface area (Å²) >= 11 is 0. The van der Waals surface area contributed by atoms with Crippen LogP contribution in [0, 0.1) is 12.7 Å². The highest BCUT2D eigenvalue weighted by molar-refractivity contribution is 5.33. The molecule has 0 saturated heterocycles. The Labute approximate surface area is 105 Å². The van der Waals surface area contributed by atoms with Gasteiger partial charge in [0.05, 0.1) is 18.0 Å². The minimum atomic E-state index is -0.386. The molecule has 0 amide bonds. The van der Waals surface area contributed by atoms with Crippen molar-refractivity contribution in [2.75, 3.05) is 0 Å². The van der Waals surface area contributed by atoms with Gasteiger partial charge in [-0.3, -0.25) is 4.68 Å². The smallest absolute Gasteiger partial charge is 0.130 e. The molecule has 5 heteroatoms. The van der Waals surface area contributed by atoms with Crippen molar-refractivity contribution in [3.63, 3.8) is 0 Å². The normalized spacial score (nSPS) is 10.7. The molecule has 4 nitrogen and oxygen atoms in total. The lowest BCUT2D eigenvalue weighted by atomic mass is 10.2. The highest BCUT2D eigenvalue weighted by Gasteiger charge is 2.07. The molecule has 1 aromatic carbocycles. The molecule has 0 spiro atoms. The van der Waals surface area contributed by atoms with E-state index in [1.54, 1.807) is 4.68 Å². The molecule has 2 aromatic rings. The molecular weight excluding hydrogens is 235 g/mol. The predicted molar refractivity (Wildman–Crippen MR) is 64.6 cm³/mol. The van der Waals surface area contributed by atoms with Gasteiger partial charge in [-0.1, -0.05) is 0 Å². The molecule has 2 rings (SSSR count). The van der Waals surface area contributed by atoms with Crippen molar-refractivity contribution in [2.45, 2.75) is 20.1 Å². The lowest BCUT2D eigenvalue weighted by Gasteiger charge is -2.10. The topological polar surface area (TPSA) is 47.3 Å². The van der Waals surface area contributed by atoms with Crippen molar-refractivity contribution in [1.29, 1.82) is 0 Å². The van der Waals surface area contributed by atoms with Crippen LogP contribution in [-0.2, 0) is 20.3 Å². The number of hydrogen-bond acceptors (Lipinski definition) is 3. The van der Waals surface area contributed by atoms with E-state index in [1.165, 1.54) is 18.2 Å². The van der Waals surface area contributed by atoms with Crippen LogP contribution >= 0.6 is 0 Å². The number of aryl methyl sites for hydroxylation is 2. The van der Waals surface area contributed by atoms with Crippen LogP contribution in [0.3, 0.4) is 0 Å². The zero-order valence-corrected chi connectivity index (χ0v) is 10.4. The molecule has 0 aliphatic carbocycles. The van der Waals surface area contributed by atoms with Gasteiger partial charge in [0, 0.05) is 12.6 Å². The Morgan fingerprint density at radius 3 is 2.78 bits per heavy atom. The molecule has 0 aliphatic rings. The number of nitrogens with zero attached hydrogens (tertiary/aromatic N) is 2. The fourth-order valence-electron chi connectivity index (χ4n) is 1.76. The highest BCUT2D eigenvalue weighted by atomic mass is 19.1. The second kappa shape index (κ2) is 5.18. The number of aromatic nitrogens is 2. The molecule has 1 N–H and O–H groups in total. The van der Waals surface area contributed by atoms with Crippen LogP contribution in [-0.4, -0.2) is 14.9 Å². The van der Waals surface area contributed by atoms with Crippen molar-refractivity contribution in [1.82, 2.24) is 9.78 Å². The van der Waals surface area contributed by atoms with Gasteiger partial charge >= 0.3 is 0 Å². The third-order valence-electron chi connectivity index (χ3n) is 2.67. The van der Waals surface area contributed by atoms with Gasteiger partial charge in [0.2, 0.25) is 0 Å². The van der Waals surface area contributed by atoms with Crippen molar-refractivity contribution in [3.8, 4) is 5.75 Å². The number of ether oxygens (including phenoxy) is 1. The summed E-state index contributed by atoms with van der Waals surface area (Å²) in [4.78, 5) is 0. The predicted octanol–water partition coefficient (Wildman–Crippen LogP) is 1.94. The largest absolute Gasteiger partial charge is 0.487 e. The van der Waals surface area contributed by atoms with Crippen molar-refractivity contribution in [2.24, 2.45) is 7.05 Å². The van der Waals surface area contributed by atoms with Gasteiger partial charge in [-0.2, -0.15) is 5.10 Å². The Kier molecular flexibility index (Phi) is 3.62. The molecule has 0 saturated carbocycles. The van der Waals surface area contributed by atoms with E-state index in [1.807, 2.05) is 20.0 Å². The van der Waals surface area contributed by atoms with Crippen LogP contribution in [0.4, 0.5) is 4.39 Å². The SMILES string of the molecule is Cc1cc(COc2ccc(F)cc2CO)n(C)n1. The summed E-state index contributed by atoms with van der Waals surface area (Å²) < 4.78 is 20.3. The number of benzene rings is 1. The second-order valence-corrected chi connectivity index (χ2v) is 4.10. The molecule has 1 aromatic heterocycles. The van der Waals surface area contributed by atoms with E-state index in [4.69, 9.17) is 9.84 Å². The first-order valence-electron chi connectivity index (χ1n) is 5.61. The van der Waals surface area contributed by atoms with Crippen LogP contribution in [0.25, 0.3) is 0 Å². The maximum absolute atomic E-state index is 13.0. The summed E-state index contributed by atoms with van der Waals surface area (Å²) in [6, 6.07) is 6.01. The standard InChI is InChI=1S/C13H15FN2O2/c1-9-5-12(16(2)15-9)8-18-13-4-3-11(14)6-10(13)7-17/h3-6,17H,7-8H2,1-2H3. The number of rotatable bonds is 4. The number of halogens is 1. The van der Waals surface area contributed by atoms with Crippen molar-refractivity contribution < 1.29 is 14.2 Å². The lowest BCUT2D eigenvalue weighted by molar-refractivity contribution is 0.254. The van der Waals surface area contributed by atoms with Gasteiger partial charge in [-0.05, 0) is 31.2 Å². The quantitative estimate of drug-likeness (QED) is 0.902. The second-order valence-electron chi connectivity index (χ2n) is 4.10. The number of aliphatic hydroxyl groups excluding tert-OH is 1. The first kappa shape index (κ1) is 12.6. The van der Waals surface area contributed by atoms with Crippen LogP contribution in [0.5, 0.6) is 5.75 Å². The zero-order chi connectivity index (χ0) is 13.1.